The Morgan fingerprint density at radius 1 is 0.839 bits per heavy atom. The summed E-state index contributed by atoms with van der Waals surface area (Å²) in [4.78, 5) is 24.8. The molecule has 0 fully saturated rings. The summed E-state index contributed by atoms with van der Waals surface area (Å²) in [7, 11) is 0. The number of nitrogens with one attached hydrogen (secondary N) is 2. The zero-order chi connectivity index (χ0) is 22.3. The van der Waals surface area contributed by atoms with Crippen molar-refractivity contribution in [2.75, 3.05) is 0 Å². The van der Waals surface area contributed by atoms with E-state index in [4.69, 9.17) is 0 Å². The minimum atomic E-state index is -4.51. The zero-order valence-electron chi connectivity index (χ0n) is 15.7. The van der Waals surface area contributed by atoms with E-state index >= 15 is 0 Å². The first-order valence-electron chi connectivity index (χ1n) is 9.10. The molecule has 158 valence electrons. The van der Waals surface area contributed by atoms with E-state index in [1.807, 2.05) is 5.32 Å². The van der Waals surface area contributed by atoms with Crippen LogP contribution in [0.3, 0.4) is 0 Å². The predicted molar refractivity (Wildman–Crippen MR) is 104 cm³/mol. The highest BCUT2D eigenvalue weighted by Crippen LogP contribution is 2.45. The number of alkyl halides is 3. The SMILES string of the molecule is O=C(NC(=O)c1c(O)cccc1O)NC1c2ccccc2-c2cc(C(F)(F)F)ccc21. The van der Waals surface area contributed by atoms with E-state index in [1.54, 1.807) is 24.3 Å². The molecule has 0 aliphatic heterocycles. The summed E-state index contributed by atoms with van der Waals surface area (Å²) in [6, 6.07) is 11.9. The van der Waals surface area contributed by atoms with E-state index in [1.165, 1.54) is 24.3 Å². The van der Waals surface area contributed by atoms with E-state index in [2.05, 4.69) is 5.32 Å². The van der Waals surface area contributed by atoms with Crippen LogP contribution in [0.15, 0.2) is 60.7 Å². The molecule has 3 amide bonds. The zero-order valence-corrected chi connectivity index (χ0v) is 15.7. The highest BCUT2D eigenvalue weighted by Gasteiger charge is 2.35. The highest BCUT2D eigenvalue weighted by atomic mass is 19.4. The molecule has 3 aromatic carbocycles. The van der Waals surface area contributed by atoms with Gasteiger partial charge in [0.15, 0.2) is 0 Å². The molecule has 1 aliphatic carbocycles. The van der Waals surface area contributed by atoms with Gasteiger partial charge in [-0.2, -0.15) is 13.2 Å². The van der Waals surface area contributed by atoms with E-state index in [-0.39, 0.29) is 0 Å². The second kappa shape index (κ2) is 7.35. The molecule has 0 radical (unpaired) electrons. The maximum absolute atomic E-state index is 13.2. The molecule has 3 aromatic rings. The molecule has 4 rings (SSSR count). The fourth-order valence-electron chi connectivity index (χ4n) is 3.63. The number of urea groups is 1. The lowest BCUT2D eigenvalue weighted by atomic mass is 10.0. The first-order valence-corrected chi connectivity index (χ1v) is 9.10. The van der Waals surface area contributed by atoms with Crippen molar-refractivity contribution in [1.82, 2.24) is 10.6 Å². The number of phenolic OH excluding ortho intramolecular Hbond substituents is 2. The van der Waals surface area contributed by atoms with Crippen LogP contribution >= 0.6 is 0 Å². The van der Waals surface area contributed by atoms with Crippen molar-refractivity contribution in [3.8, 4) is 22.6 Å². The maximum Gasteiger partial charge on any atom is 0.416 e. The van der Waals surface area contributed by atoms with Crippen molar-refractivity contribution in [2.45, 2.75) is 12.2 Å². The van der Waals surface area contributed by atoms with Gasteiger partial charge in [0, 0.05) is 0 Å². The van der Waals surface area contributed by atoms with Crippen LogP contribution in [0.1, 0.15) is 33.1 Å². The van der Waals surface area contributed by atoms with E-state index in [9.17, 15) is 33.0 Å². The Balaban J connectivity index is 1.62. The minimum Gasteiger partial charge on any atom is -0.507 e. The second-order valence-electron chi connectivity index (χ2n) is 6.92. The number of rotatable bonds is 2. The molecule has 0 heterocycles. The van der Waals surface area contributed by atoms with Gasteiger partial charge in [-0.25, -0.2) is 4.79 Å². The molecular weight excluding hydrogens is 413 g/mol. The topological polar surface area (TPSA) is 98.7 Å². The monoisotopic (exact) mass is 428 g/mol. The average Bonchev–Trinajstić information content (AvgIpc) is 3.00. The number of halogens is 3. The van der Waals surface area contributed by atoms with Gasteiger partial charge in [-0.15, -0.1) is 0 Å². The smallest absolute Gasteiger partial charge is 0.416 e. The second-order valence-corrected chi connectivity index (χ2v) is 6.92. The first kappa shape index (κ1) is 20.3. The van der Waals surface area contributed by atoms with Gasteiger partial charge in [-0.1, -0.05) is 36.4 Å². The number of fused-ring (bicyclic) bond motifs is 3. The summed E-state index contributed by atoms with van der Waals surface area (Å²) < 4.78 is 39.5. The van der Waals surface area contributed by atoms with Crippen molar-refractivity contribution in [2.24, 2.45) is 0 Å². The van der Waals surface area contributed by atoms with E-state index in [0.29, 0.717) is 22.3 Å². The molecular formula is C22H15F3N2O4. The number of phenols is 2. The quantitative estimate of drug-likeness (QED) is 0.488. The number of carbonyl (C=O) groups is 2. The van der Waals surface area contributed by atoms with Crippen LogP contribution in [0.5, 0.6) is 11.5 Å². The van der Waals surface area contributed by atoms with Crippen LogP contribution in [-0.4, -0.2) is 22.2 Å². The number of carbonyl (C=O) groups excluding carboxylic acids is 2. The average molecular weight is 428 g/mol. The number of hydrogen-bond donors (Lipinski definition) is 4. The highest BCUT2D eigenvalue weighted by molar-refractivity contribution is 6.07. The summed E-state index contributed by atoms with van der Waals surface area (Å²) in [6.45, 7) is 0. The lowest BCUT2D eigenvalue weighted by Gasteiger charge is -2.17. The van der Waals surface area contributed by atoms with E-state index < -0.39 is 46.8 Å². The third kappa shape index (κ3) is 3.65. The fraction of sp³-hybridized carbons (Fsp3) is 0.0909. The van der Waals surface area contributed by atoms with Crippen LogP contribution in [0.25, 0.3) is 11.1 Å². The summed E-state index contributed by atoms with van der Waals surface area (Å²) >= 11 is 0. The van der Waals surface area contributed by atoms with Gasteiger partial charge in [0.1, 0.15) is 17.1 Å². The number of benzene rings is 3. The summed E-state index contributed by atoms with van der Waals surface area (Å²) in [5.74, 6) is -2.06. The van der Waals surface area contributed by atoms with Gasteiger partial charge in [0.05, 0.1) is 11.6 Å². The van der Waals surface area contributed by atoms with Crippen molar-refractivity contribution in [3.05, 3.63) is 82.9 Å². The van der Waals surface area contributed by atoms with Crippen LogP contribution < -0.4 is 10.6 Å². The Hall–Kier alpha value is -4.01. The van der Waals surface area contributed by atoms with Crippen LogP contribution in [0.2, 0.25) is 0 Å². The van der Waals surface area contributed by atoms with Gasteiger partial charge in [-0.3, -0.25) is 10.1 Å². The molecule has 0 aromatic heterocycles. The summed E-state index contributed by atoms with van der Waals surface area (Å²) in [6.07, 6.45) is -4.51. The Kier molecular flexibility index (Phi) is 4.81. The molecule has 0 saturated heterocycles. The Morgan fingerprint density at radius 2 is 1.48 bits per heavy atom. The third-order valence-electron chi connectivity index (χ3n) is 5.00. The largest absolute Gasteiger partial charge is 0.507 e. The molecule has 0 spiro atoms. The number of hydrogen-bond acceptors (Lipinski definition) is 4. The van der Waals surface area contributed by atoms with Gasteiger partial charge < -0.3 is 15.5 Å². The van der Waals surface area contributed by atoms with Gasteiger partial charge in [0.2, 0.25) is 0 Å². The van der Waals surface area contributed by atoms with Gasteiger partial charge >= 0.3 is 12.2 Å². The van der Waals surface area contributed by atoms with Crippen LogP contribution in [0, 0.1) is 0 Å². The molecule has 31 heavy (non-hydrogen) atoms. The molecule has 1 aliphatic rings. The minimum absolute atomic E-state index is 0.334. The van der Waals surface area contributed by atoms with Crippen molar-refractivity contribution in [3.63, 3.8) is 0 Å². The van der Waals surface area contributed by atoms with Crippen molar-refractivity contribution >= 4 is 11.9 Å². The Labute approximate surface area is 174 Å². The first-order chi connectivity index (χ1) is 14.7. The lowest BCUT2D eigenvalue weighted by Crippen LogP contribution is -2.41. The molecule has 4 N–H and O–H groups in total. The normalized spacial score (nSPS) is 14.5. The van der Waals surface area contributed by atoms with Crippen molar-refractivity contribution < 1.29 is 33.0 Å². The third-order valence-corrected chi connectivity index (χ3v) is 5.00. The molecule has 0 bridgehead atoms. The van der Waals surface area contributed by atoms with Gasteiger partial charge in [0.25, 0.3) is 5.91 Å². The lowest BCUT2D eigenvalue weighted by molar-refractivity contribution is -0.137. The number of amides is 3. The maximum atomic E-state index is 13.2. The fourth-order valence-corrected chi connectivity index (χ4v) is 3.63. The molecule has 0 saturated carbocycles. The van der Waals surface area contributed by atoms with E-state index in [0.717, 1.165) is 12.1 Å². The Morgan fingerprint density at radius 3 is 2.16 bits per heavy atom. The molecule has 1 atom stereocenters. The molecule has 6 nitrogen and oxygen atoms in total. The Bertz CT molecular complexity index is 1190. The summed E-state index contributed by atoms with van der Waals surface area (Å²) in [5.41, 5.74) is 0.613. The molecule has 1 unspecified atom stereocenters. The van der Waals surface area contributed by atoms with Gasteiger partial charge in [-0.05, 0) is 46.5 Å². The molecule has 9 heteroatoms. The standard InChI is InChI=1S/C22H15F3N2O4/c23-22(24,25)11-8-9-14-15(10-11)12-4-1-2-5-13(12)19(14)26-21(31)27-20(30)18-16(28)6-3-7-17(18)29/h1-10,19,28-29H,(H2,26,27,30,31). The van der Waals surface area contributed by atoms with Crippen LogP contribution in [-0.2, 0) is 6.18 Å². The number of aromatic hydroxyl groups is 2. The number of imide groups is 1. The van der Waals surface area contributed by atoms with Crippen molar-refractivity contribution in [1.29, 1.82) is 0 Å². The summed E-state index contributed by atoms with van der Waals surface area (Å²) in [5, 5.41) is 24.1. The predicted octanol–water partition coefficient (Wildman–Crippen LogP) is 4.33. The van der Waals surface area contributed by atoms with Crippen LogP contribution in [0.4, 0.5) is 18.0 Å².